The van der Waals surface area contributed by atoms with Gasteiger partial charge >= 0.3 is 0 Å². The Morgan fingerprint density at radius 3 is 2.78 bits per heavy atom. The molecular formula is C16H18ClF2NO3. The Morgan fingerprint density at radius 2 is 2.17 bits per heavy atom. The zero-order valence-corrected chi connectivity index (χ0v) is 13.6. The molecule has 1 atom stereocenters. The summed E-state index contributed by atoms with van der Waals surface area (Å²) in [5.74, 6) is -0.142. The van der Waals surface area contributed by atoms with Crippen LogP contribution >= 0.6 is 11.6 Å². The van der Waals surface area contributed by atoms with Crippen molar-refractivity contribution in [2.45, 2.75) is 19.8 Å². The van der Waals surface area contributed by atoms with Crippen LogP contribution in [-0.4, -0.2) is 37.7 Å². The molecule has 2 rings (SSSR count). The molecule has 0 spiro atoms. The number of ether oxygens (including phenoxy) is 2. The van der Waals surface area contributed by atoms with E-state index in [1.807, 2.05) is 0 Å². The van der Waals surface area contributed by atoms with Crippen LogP contribution in [0, 0.1) is 5.92 Å². The van der Waals surface area contributed by atoms with Crippen molar-refractivity contribution in [3.63, 3.8) is 0 Å². The second-order valence-corrected chi connectivity index (χ2v) is 5.67. The summed E-state index contributed by atoms with van der Waals surface area (Å²) >= 11 is 6.24. The van der Waals surface area contributed by atoms with E-state index < -0.39 is 13.0 Å². The zero-order valence-electron chi connectivity index (χ0n) is 12.9. The summed E-state index contributed by atoms with van der Waals surface area (Å²) in [5, 5.41) is 0.325. The number of benzene rings is 1. The number of halogens is 3. The lowest BCUT2D eigenvalue weighted by molar-refractivity contribution is -0.133. The maximum atomic E-state index is 12.8. The maximum Gasteiger partial charge on any atom is 0.256 e. The molecule has 0 bridgehead atoms. The van der Waals surface area contributed by atoms with E-state index in [0.717, 1.165) is 4.90 Å². The van der Waals surface area contributed by atoms with Crippen LogP contribution in [0.3, 0.4) is 0 Å². The van der Waals surface area contributed by atoms with Crippen molar-refractivity contribution in [3.05, 3.63) is 34.9 Å². The molecule has 1 aromatic carbocycles. The third-order valence-electron chi connectivity index (χ3n) is 3.52. The molecule has 0 N–H and O–H groups in total. The van der Waals surface area contributed by atoms with Gasteiger partial charge in [0.05, 0.1) is 11.6 Å². The third-order valence-corrected chi connectivity index (χ3v) is 3.84. The van der Waals surface area contributed by atoms with E-state index >= 15 is 0 Å². The highest BCUT2D eigenvalue weighted by Gasteiger charge is 2.31. The Bertz CT molecular complexity index is 607. The predicted molar refractivity (Wildman–Crippen MR) is 83.4 cm³/mol. The van der Waals surface area contributed by atoms with Crippen molar-refractivity contribution in [2.75, 3.05) is 20.4 Å². The van der Waals surface area contributed by atoms with Gasteiger partial charge in [0.2, 0.25) is 5.91 Å². The number of hydrogen-bond acceptors (Lipinski definition) is 3. The quantitative estimate of drug-likeness (QED) is 0.736. The number of carbonyl (C=O) groups is 1. The number of hydrogen-bond donors (Lipinski definition) is 0. The first-order chi connectivity index (χ1) is 10.9. The Hall–Kier alpha value is -1.66. The van der Waals surface area contributed by atoms with Crippen LogP contribution in [0.15, 0.2) is 24.3 Å². The molecule has 23 heavy (non-hydrogen) atoms. The minimum absolute atomic E-state index is 0.0753. The van der Waals surface area contributed by atoms with Gasteiger partial charge in [0.15, 0.2) is 6.79 Å². The third kappa shape index (κ3) is 4.20. The van der Waals surface area contributed by atoms with Gasteiger partial charge in [-0.3, -0.25) is 4.79 Å². The van der Waals surface area contributed by atoms with E-state index in [4.69, 9.17) is 21.1 Å². The number of carbonyl (C=O) groups excluding carboxylic acids is 1. The zero-order chi connectivity index (χ0) is 17.0. The first-order valence-corrected chi connectivity index (χ1v) is 7.53. The first kappa shape index (κ1) is 17.7. The smallest absolute Gasteiger partial charge is 0.256 e. The molecule has 4 nitrogen and oxygen atoms in total. The van der Waals surface area contributed by atoms with Gasteiger partial charge in [-0.2, -0.15) is 0 Å². The van der Waals surface area contributed by atoms with E-state index in [1.54, 1.807) is 31.2 Å². The normalized spacial score (nSPS) is 18.3. The summed E-state index contributed by atoms with van der Waals surface area (Å²) in [7, 11) is 1.50. The minimum Gasteiger partial charge on any atom is -0.468 e. The molecule has 0 aromatic heterocycles. The molecule has 0 saturated carbocycles. The van der Waals surface area contributed by atoms with Crippen molar-refractivity contribution < 1.29 is 23.0 Å². The number of rotatable bonds is 6. The summed E-state index contributed by atoms with van der Waals surface area (Å²) in [5.41, 5.74) is 0.939. The monoisotopic (exact) mass is 345 g/mol. The van der Waals surface area contributed by atoms with E-state index in [2.05, 4.69) is 0 Å². The minimum atomic E-state index is -2.62. The number of amides is 1. The average Bonchev–Trinajstić information content (AvgIpc) is 2.50. The van der Waals surface area contributed by atoms with Crippen LogP contribution in [0.5, 0.6) is 5.75 Å². The Morgan fingerprint density at radius 1 is 1.43 bits per heavy atom. The van der Waals surface area contributed by atoms with Crippen LogP contribution in [-0.2, 0) is 9.53 Å². The molecule has 0 radical (unpaired) electrons. The summed E-state index contributed by atoms with van der Waals surface area (Å²) in [6, 6.07) is 4.88. The molecule has 0 aliphatic carbocycles. The Labute approximate surface area is 138 Å². The fraction of sp³-hybridized carbons (Fsp3) is 0.438. The van der Waals surface area contributed by atoms with Crippen LogP contribution < -0.4 is 4.74 Å². The van der Waals surface area contributed by atoms with E-state index in [1.165, 1.54) is 7.11 Å². The summed E-state index contributed by atoms with van der Waals surface area (Å²) in [6.07, 6.45) is -0.354. The fourth-order valence-electron chi connectivity index (χ4n) is 2.39. The molecule has 126 valence electrons. The second-order valence-electron chi connectivity index (χ2n) is 5.26. The van der Waals surface area contributed by atoms with Gasteiger partial charge in [0.25, 0.3) is 6.43 Å². The first-order valence-electron chi connectivity index (χ1n) is 7.15. The van der Waals surface area contributed by atoms with Gasteiger partial charge in [-0.05, 0) is 24.6 Å². The number of nitrogens with zero attached hydrogens (tertiary/aromatic N) is 1. The maximum absolute atomic E-state index is 12.8. The van der Waals surface area contributed by atoms with Crippen molar-refractivity contribution >= 4 is 23.2 Å². The molecule has 1 heterocycles. The van der Waals surface area contributed by atoms with Gasteiger partial charge in [-0.15, -0.1) is 0 Å². The molecule has 1 aromatic rings. The van der Waals surface area contributed by atoms with Crippen LogP contribution in [0.2, 0.25) is 5.02 Å². The molecule has 1 unspecified atom stereocenters. The highest BCUT2D eigenvalue weighted by atomic mass is 35.5. The second kappa shape index (κ2) is 7.75. The van der Waals surface area contributed by atoms with Crippen molar-refractivity contribution in [1.82, 2.24) is 4.90 Å². The molecular weight excluding hydrogens is 328 g/mol. The molecule has 1 aliphatic heterocycles. The number of alkyl halides is 2. The summed E-state index contributed by atoms with van der Waals surface area (Å²) < 4.78 is 35.7. The van der Waals surface area contributed by atoms with E-state index in [0.29, 0.717) is 28.5 Å². The van der Waals surface area contributed by atoms with Crippen LogP contribution in [0.4, 0.5) is 8.78 Å². The van der Waals surface area contributed by atoms with E-state index in [-0.39, 0.29) is 18.6 Å². The van der Waals surface area contributed by atoms with Gasteiger partial charge in [0.1, 0.15) is 5.75 Å². The van der Waals surface area contributed by atoms with Crippen molar-refractivity contribution in [1.29, 1.82) is 0 Å². The standard InChI is InChI=1S/C16H18ClF2NO3/c1-10-3-6-14(20(16(10)21)8-15(18)19)12-5-4-11(7-13(12)17)23-9-22-2/h4-7,10,15H,3,8-9H2,1-2H3. The Balaban J connectivity index is 2.32. The van der Waals surface area contributed by atoms with Gasteiger partial charge in [0, 0.05) is 24.3 Å². The highest BCUT2D eigenvalue weighted by Crippen LogP contribution is 2.34. The SMILES string of the molecule is COCOc1ccc(C2=CCC(C)C(=O)N2CC(F)F)c(Cl)c1. The lowest BCUT2D eigenvalue weighted by Gasteiger charge is -2.32. The molecule has 7 heteroatoms. The van der Waals surface area contributed by atoms with Crippen molar-refractivity contribution in [2.24, 2.45) is 5.92 Å². The largest absolute Gasteiger partial charge is 0.468 e. The molecule has 0 fully saturated rings. The van der Waals surface area contributed by atoms with Crippen molar-refractivity contribution in [3.8, 4) is 5.75 Å². The Kier molecular flexibility index (Phi) is 5.96. The molecule has 0 saturated heterocycles. The summed E-state index contributed by atoms with van der Waals surface area (Å²) in [4.78, 5) is 13.3. The molecule has 1 aliphatic rings. The average molecular weight is 346 g/mol. The van der Waals surface area contributed by atoms with Crippen LogP contribution in [0.1, 0.15) is 18.9 Å². The highest BCUT2D eigenvalue weighted by molar-refractivity contribution is 6.32. The van der Waals surface area contributed by atoms with Crippen LogP contribution in [0.25, 0.3) is 5.70 Å². The van der Waals surface area contributed by atoms with Gasteiger partial charge < -0.3 is 14.4 Å². The lowest BCUT2D eigenvalue weighted by Crippen LogP contribution is -2.39. The lowest BCUT2D eigenvalue weighted by atomic mass is 9.97. The van der Waals surface area contributed by atoms with E-state index in [9.17, 15) is 13.6 Å². The summed E-state index contributed by atoms with van der Waals surface area (Å²) in [6.45, 7) is 1.15. The van der Waals surface area contributed by atoms with Gasteiger partial charge in [-0.25, -0.2) is 8.78 Å². The number of methoxy groups -OCH3 is 1. The fourth-order valence-corrected chi connectivity index (χ4v) is 2.65. The predicted octanol–water partition coefficient (Wildman–Crippen LogP) is 3.80. The topological polar surface area (TPSA) is 38.8 Å². The number of allylic oxidation sites excluding steroid dienone is 1. The van der Waals surface area contributed by atoms with Gasteiger partial charge in [-0.1, -0.05) is 24.6 Å². The molecule has 1 amide bonds.